The van der Waals surface area contributed by atoms with E-state index in [1.165, 1.54) is 18.4 Å². The molecule has 154 valence electrons. The monoisotopic (exact) mass is 399 g/mol. The Morgan fingerprint density at radius 2 is 1.73 bits per heavy atom. The average molecular weight is 400 g/mol. The van der Waals surface area contributed by atoms with Crippen LogP contribution in [0.15, 0.2) is 60.7 Å². The van der Waals surface area contributed by atoms with Crippen molar-refractivity contribution in [3.05, 3.63) is 71.8 Å². The fourth-order valence-corrected chi connectivity index (χ4v) is 4.91. The zero-order valence-electron chi connectivity index (χ0n) is 17.3. The number of fused-ring (bicyclic) bond motifs is 2. The molecule has 0 unspecified atom stereocenters. The molecule has 0 aromatic heterocycles. The van der Waals surface area contributed by atoms with Crippen molar-refractivity contribution in [1.82, 2.24) is 9.88 Å². The lowest BCUT2D eigenvalue weighted by atomic mass is 9.90. The fourth-order valence-electron chi connectivity index (χ4n) is 4.91. The molecule has 4 heteroatoms. The first-order valence-electron chi connectivity index (χ1n) is 11.0. The van der Waals surface area contributed by atoms with Crippen LogP contribution in [0.25, 0.3) is 22.2 Å². The molecule has 2 aromatic rings. The average Bonchev–Trinajstić information content (AvgIpc) is 3.09. The number of hydrogen-bond donors (Lipinski definition) is 3. The van der Waals surface area contributed by atoms with Gasteiger partial charge < -0.3 is 15.8 Å². The predicted octanol–water partition coefficient (Wildman–Crippen LogP) is 5.41. The number of piperidine rings is 1. The van der Waals surface area contributed by atoms with E-state index in [2.05, 4.69) is 46.3 Å². The van der Waals surface area contributed by atoms with Gasteiger partial charge in [0.05, 0.1) is 16.9 Å². The van der Waals surface area contributed by atoms with Gasteiger partial charge in [-0.1, -0.05) is 48.5 Å². The highest BCUT2D eigenvalue weighted by Gasteiger charge is 2.23. The molecule has 30 heavy (non-hydrogen) atoms. The van der Waals surface area contributed by atoms with E-state index in [9.17, 15) is 5.11 Å². The van der Waals surface area contributed by atoms with Crippen molar-refractivity contribution in [2.45, 2.75) is 32.2 Å². The van der Waals surface area contributed by atoms with E-state index in [1.807, 2.05) is 24.3 Å². The maximum atomic E-state index is 10.9. The molecule has 0 radical (unpaired) electrons. The van der Waals surface area contributed by atoms with Crippen LogP contribution in [0.3, 0.4) is 0 Å². The number of anilines is 1. The number of aromatic hydroxyl groups is 1. The van der Waals surface area contributed by atoms with Gasteiger partial charge in [-0.2, -0.15) is 0 Å². The molecule has 0 atom stereocenters. The summed E-state index contributed by atoms with van der Waals surface area (Å²) in [6, 6.07) is 20.8. The predicted molar refractivity (Wildman–Crippen MR) is 124 cm³/mol. The lowest BCUT2D eigenvalue weighted by Gasteiger charge is -2.32. The standard InChI is InChI=1S/C26H29N3O/c27-25-21-8-4-5-9-22(21)28-23-16-20(26(30)24(23)25)11-10-18-12-14-29(15-13-18)17-19-6-2-1-3-7-19/h1-9,16,18,28,30H,10-15,17,27H2. The van der Waals surface area contributed by atoms with Crippen LogP contribution in [0, 0.1) is 5.92 Å². The molecule has 2 aliphatic heterocycles. The quantitative estimate of drug-likeness (QED) is 0.421. The molecule has 1 saturated heterocycles. The largest absolute Gasteiger partial charge is 0.507 e. The van der Waals surface area contributed by atoms with Crippen molar-refractivity contribution in [3.8, 4) is 17.0 Å². The maximum absolute atomic E-state index is 10.9. The van der Waals surface area contributed by atoms with Gasteiger partial charge in [-0.15, -0.1) is 0 Å². The molecule has 3 aliphatic rings. The second-order valence-electron chi connectivity index (χ2n) is 8.63. The van der Waals surface area contributed by atoms with E-state index in [4.69, 9.17) is 5.73 Å². The highest BCUT2D eigenvalue weighted by atomic mass is 16.3. The third-order valence-corrected chi connectivity index (χ3v) is 6.66. The Labute approximate surface area is 177 Å². The number of benzene rings is 2. The van der Waals surface area contributed by atoms with Crippen LogP contribution in [0.1, 0.15) is 30.4 Å². The van der Waals surface area contributed by atoms with Crippen LogP contribution in [-0.2, 0) is 13.0 Å². The van der Waals surface area contributed by atoms with Crippen molar-refractivity contribution in [1.29, 1.82) is 0 Å². The van der Waals surface area contributed by atoms with Crippen LogP contribution < -0.4 is 5.73 Å². The summed E-state index contributed by atoms with van der Waals surface area (Å²) in [5, 5.41) is 11.8. The van der Waals surface area contributed by atoms with E-state index in [-0.39, 0.29) is 0 Å². The topological polar surface area (TPSA) is 65.3 Å². The molecule has 4 N–H and O–H groups in total. The fraction of sp³-hybridized carbons (Fsp3) is 0.308. The summed E-state index contributed by atoms with van der Waals surface area (Å²) in [4.78, 5) is 5.99. The summed E-state index contributed by atoms with van der Waals surface area (Å²) in [6.07, 6.45) is 4.47. The molecular weight excluding hydrogens is 370 g/mol. The van der Waals surface area contributed by atoms with Crippen LogP contribution in [0.4, 0.5) is 5.69 Å². The number of hydrogen-bond acceptors (Lipinski definition) is 3. The Morgan fingerprint density at radius 3 is 2.53 bits per heavy atom. The van der Waals surface area contributed by atoms with Gasteiger partial charge in [0.15, 0.2) is 0 Å². The number of nitrogens with zero attached hydrogens (tertiary/aromatic N) is 1. The number of nitrogens with one attached hydrogen (secondary N) is 1. The first-order valence-corrected chi connectivity index (χ1v) is 11.0. The lowest BCUT2D eigenvalue weighted by molar-refractivity contribution is 0.172. The Bertz CT molecular complexity index is 1110. The first kappa shape index (κ1) is 19.0. The summed E-state index contributed by atoms with van der Waals surface area (Å²) in [5.41, 5.74) is 12.2. The molecule has 0 saturated carbocycles. The van der Waals surface area contributed by atoms with Crippen molar-refractivity contribution >= 4 is 16.6 Å². The molecule has 2 heterocycles. The summed E-state index contributed by atoms with van der Waals surface area (Å²) in [7, 11) is 0. The Hall–Kier alpha value is -2.98. The smallest absolute Gasteiger partial charge is 0.130 e. The number of aromatic amines is 1. The number of nitrogen functional groups attached to an aromatic ring is 1. The number of rotatable bonds is 5. The molecule has 0 spiro atoms. The van der Waals surface area contributed by atoms with Gasteiger partial charge in [-0.3, -0.25) is 4.90 Å². The Morgan fingerprint density at radius 1 is 1.00 bits per heavy atom. The minimum absolute atomic E-state index is 0.353. The Kier molecular flexibility index (Phi) is 5.09. The zero-order chi connectivity index (χ0) is 20.5. The minimum atomic E-state index is 0.353. The van der Waals surface area contributed by atoms with Crippen LogP contribution >= 0.6 is 0 Å². The molecule has 4 nitrogen and oxygen atoms in total. The summed E-state index contributed by atoms with van der Waals surface area (Å²) in [5.74, 6) is 1.07. The molecule has 1 aliphatic carbocycles. The number of likely N-dealkylation sites (tertiary alicyclic amines) is 1. The van der Waals surface area contributed by atoms with E-state index >= 15 is 0 Å². The highest BCUT2D eigenvalue weighted by Crippen LogP contribution is 2.44. The van der Waals surface area contributed by atoms with Gasteiger partial charge in [-0.25, -0.2) is 0 Å². The van der Waals surface area contributed by atoms with Crippen molar-refractivity contribution in [3.63, 3.8) is 0 Å². The molecule has 5 rings (SSSR count). The van der Waals surface area contributed by atoms with E-state index in [1.54, 1.807) is 0 Å². The van der Waals surface area contributed by atoms with Gasteiger partial charge >= 0.3 is 0 Å². The summed E-state index contributed by atoms with van der Waals surface area (Å²) in [6.45, 7) is 3.35. The van der Waals surface area contributed by atoms with Crippen LogP contribution in [0.5, 0.6) is 5.75 Å². The highest BCUT2D eigenvalue weighted by molar-refractivity contribution is 6.02. The first-order chi connectivity index (χ1) is 14.7. The maximum Gasteiger partial charge on any atom is 0.130 e. The molecule has 0 amide bonds. The van der Waals surface area contributed by atoms with Crippen LogP contribution in [0.2, 0.25) is 0 Å². The SMILES string of the molecule is Nc1c2c(O)c(CCC3CCN(Cc4ccccc4)CC3)cc-2[nH]c2ccccc12. The summed E-state index contributed by atoms with van der Waals surface area (Å²) < 4.78 is 0. The van der Waals surface area contributed by atoms with Crippen molar-refractivity contribution in [2.24, 2.45) is 5.92 Å². The lowest BCUT2D eigenvalue weighted by Crippen LogP contribution is -2.33. The Balaban J connectivity index is 1.24. The van der Waals surface area contributed by atoms with Crippen molar-refractivity contribution in [2.75, 3.05) is 18.8 Å². The van der Waals surface area contributed by atoms with Gasteiger partial charge in [0.2, 0.25) is 0 Å². The van der Waals surface area contributed by atoms with Gasteiger partial charge in [0.1, 0.15) is 5.75 Å². The second kappa shape index (κ2) is 8.04. The van der Waals surface area contributed by atoms with E-state index in [0.29, 0.717) is 11.4 Å². The number of pyridine rings is 1. The molecular formula is C26H29N3O. The van der Waals surface area contributed by atoms with E-state index < -0.39 is 0 Å². The molecule has 0 bridgehead atoms. The zero-order valence-corrected chi connectivity index (χ0v) is 17.3. The van der Waals surface area contributed by atoms with Gasteiger partial charge in [-0.05, 0) is 68.0 Å². The minimum Gasteiger partial charge on any atom is -0.507 e. The third-order valence-electron chi connectivity index (χ3n) is 6.66. The normalized spacial score (nSPS) is 15.9. The number of aromatic nitrogens is 1. The molecule has 1 fully saturated rings. The number of para-hydroxylation sites is 1. The number of aryl methyl sites for hydroxylation is 1. The summed E-state index contributed by atoms with van der Waals surface area (Å²) >= 11 is 0. The van der Waals surface area contributed by atoms with E-state index in [0.717, 1.165) is 66.1 Å². The second-order valence-corrected chi connectivity index (χ2v) is 8.63. The number of H-pyrrole nitrogens is 1. The van der Waals surface area contributed by atoms with Crippen molar-refractivity contribution < 1.29 is 5.11 Å². The van der Waals surface area contributed by atoms with Gasteiger partial charge in [0, 0.05) is 17.4 Å². The number of nitrogens with two attached hydrogens (primary N) is 1. The third kappa shape index (κ3) is 3.63. The van der Waals surface area contributed by atoms with Gasteiger partial charge in [0.25, 0.3) is 0 Å². The van der Waals surface area contributed by atoms with Crippen LogP contribution in [-0.4, -0.2) is 28.1 Å². The molecule has 2 aromatic carbocycles.